The molecule has 8 rings (SSSR count). The van der Waals surface area contributed by atoms with Crippen molar-refractivity contribution in [1.82, 2.24) is 0 Å². The van der Waals surface area contributed by atoms with Crippen molar-refractivity contribution in [3.8, 4) is 45.5 Å². The summed E-state index contributed by atoms with van der Waals surface area (Å²) in [5, 5.41) is 24.3. The quantitative estimate of drug-likeness (QED) is 0.225. The van der Waals surface area contributed by atoms with Crippen LogP contribution in [0.25, 0.3) is 77.3 Å². The Hall–Kier alpha value is -6.10. The molecule has 0 aliphatic heterocycles. The van der Waals surface area contributed by atoms with Gasteiger partial charge in [-0.1, -0.05) is 60.7 Å². The molecule has 42 heavy (non-hydrogen) atoms. The first-order chi connectivity index (χ1) is 20.7. The van der Waals surface area contributed by atoms with Gasteiger partial charge in [0.15, 0.2) is 0 Å². The van der Waals surface area contributed by atoms with Crippen LogP contribution in [0.4, 0.5) is 0 Å². The molecule has 0 radical (unpaired) electrons. The van der Waals surface area contributed by atoms with Gasteiger partial charge < -0.3 is 8.83 Å². The summed E-state index contributed by atoms with van der Waals surface area (Å²) >= 11 is 0. The molecule has 0 atom stereocenters. The maximum absolute atomic E-state index is 10.6. The van der Waals surface area contributed by atoms with E-state index in [9.17, 15) is 10.5 Å². The van der Waals surface area contributed by atoms with E-state index in [0.29, 0.717) is 11.1 Å². The van der Waals surface area contributed by atoms with Gasteiger partial charge in [-0.25, -0.2) is 0 Å². The summed E-state index contributed by atoms with van der Waals surface area (Å²) in [6.45, 7) is 0. The van der Waals surface area contributed by atoms with Crippen LogP contribution in [0, 0.1) is 22.7 Å². The van der Waals surface area contributed by atoms with Gasteiger partial charge in [-0.05, 0) is 82.9 Å². The number of nitrogens with zero attached hydrogens (tertiary/aromatic N) is 2. The highest BCUT2D eigenvalue weighted by Gasteiger charge is 2.18. The topological polar surface area (TPSA) is 73.9 Å². The van der Waals surface area contributed by atoms with Crippen LogP contribution in [-0.4, -0.2) is 0 Å². The van der Waals surface area contributed by atoms with Gasteiger partial charge in [0.05, 0.1) is 17.2 Å². The first kappa shape index (κ1) is 23.8. The minimum atomic E-state index is 0.578. The SMILES string of the molecule is N#Cc1cccc(-c2cc(-c3ccc4oc5ccccc5c4c3)c(C#N)c(-c3ccc4oc5ccccc5c4c3)c2)c1. The lowest BCUT2D eigenvalue weighted by Gasteiger charge is -2.15. The molecule has 4 nitrogen and oxygen atoms in total. The molecule has 0 fully saturated rings. The number of fused-ring (bicyclic) bond motifs is 6. The molecule has 0 N–H and O–H groups in total. The van der Waals surface area contributed by atoms with E-state index >= 15 is 0 Å². The maximum Gasteiger partial charge on any atom is 0.135 e. The van der Waals surface area contributed by atoms with E-state index in [1.807, 2.05) is 91.0 Å². The molecule has 2 heterocycles. The summed E-state index contributed by atoms with van der Waals surface area (Å²) in [6, 6.07) is 44.5. The monoisotopic (exact) mass is 536 g/mol. The average molecular weight is 537 g/mol. The molecule has 2 aromatic heterocycles. The predicted octanol–water partition coefficient (Wildman–Crippen LogP) is 10.2. The highest BCUT2D eigenvalue weighted by Crippen LogP contribution is 2.41. The van der Waals surface area contributed by atoms with Gasteiger partial charge >= 0.3 is 0 Å². The predicted molar refractivity (Wildman–Crippen MR) is 167 cm³/mol. The second-order valence-corrected chi connectivity index (χ2v) is 10.4. The smallest absolute Gasteiger partial charge is 0.135 e. The lowest BCUT2D eigenvalue weighted by molar-refractivity contribution is 0.668. The Kier molecular flexibility index (Phi) is 5.22. The first-order valence-electron chi connectivity index (χ1n) is 13.6. The van der Waals surface area contributed by atoms with Crippen molar-refractivity contribution in [2.75, 3.05) is 0 Å². The van der Waals surface area contributed by atoms with E-state index in [1.165, 1.54) is 0 Å². The third-order valence-electron chi connectivity index (χ3n) is 7.95. The number of benzene rings is 6. The van der Waals surface area contributed by atoms with Gasteiger partial charge in [-0.15, -0.1) is 0 Å². The minimum absolute atomic E-state index is 0.578. The van der Waals surface area contributed by atoms with Gasteiger partial charge in [0.25, 0.3) is 0 Å². The Morgan fingerprint density at radius 3 is 1.50 bits per heavy atom. The molecule has 194 valence electrons. The second-order valence-electron chi connectivity index (χ2n) is 10.4. The van der Waals surface area contributed by atoms with Crippen LogP contribution in [0.2, 0.25) is 0 Å². The lowest BCUT2D eigenvalue weighted by Crippen LogP contribution is -1.93. The van der Waals surface area contributed by atoms with Crippen LogP contribution < -0.4 is 0 Å². The van der Waals surface area contributed by atoms with Crippen molar-refractivity contribution >= 4 is 43.9 Å². The normalized spacial score (nSPS) is 11.3. The summed E-state index contributed by atoms with van der Waals surface area (Å²) in [6.07, 6.45) is 0. The van der Waals surface area contributed by atoms with E-state index in [2.05, 4.69) is 36.4 Å². The Labute approximate surface area is 240 Å². The zero-order chi connectivity index (χ0) is 28.2. The van der Waals surface area contributed by atoms with Gasteiger partial charge in [-0.2, -0.15) is 10.5 Å². The second kappa shape index (κ2) is 9.24. The fourth-order valence-electron chi connectivity index (χ4n) is 5.94. The third-order valence-corrected chi connectivity index (χ3v) is 7.95. The molecule has 0 spiro atoms. The molecule has 0 aliphatic rings. The van der Waals surface area contributed by atoms with Crippen LogP contribution in [0.1, 0.15) is 11.1 Å². The van der Waals surface area contributed by atoms with Crippen LogP contribution in [0.3, 0.4) is 0 Å². The number of hydrogen-bond acceptors (Lipinski definition) is 4. The molecule has 0 unspecified atom stereocenters. The zero-order valence-corrected chi connectivity index (χ0v) is 22.3. The maximum atomic E-state index is 10.6. The molecule has 0 amide bonds. The molecule has 0 saturated heterocycles. The van der Waals surface area contributed by atoms with Crippen LogP contribution in [0.15, 0.2) is 130 Å². The van der Waals surface area contributed by atoms with Gasteiger partial charge in [0.2, 0.25) is 0 Å². The first-order valence-corrected chi connectivity index (χ1v) is 13.6. The molecular formula is C38H20N2O2. The number of para-hydroxylation sites is 2. The lowest BCUT2D eigenvalue weighted by atomic mass is 9.87. The molecule has 0 saturated carbocycles. The molecule has 6 aromatic carbocycles. The van der Waals surface area contributed by atoms with E-state index in [4.69, 9.17) is 8.83 Å². The van der Waals surface area contributed by atoms with Crippen molar-refractivity contribution in [3.05, 3.63) is 132 Å². The minimum Gasteiger partial charge on any atom is -0.456 e. The van der Waals surface area contributed by atoms with E-state index in [-0.39, 0.29) is 0 Å². The Balaban J connectivity index is 1.42. The summed E-state index contributed by atoms with van der Waals surface area (Å²) in [5.74, 6) is 0. The number of hydrogen-bond donors (Lipinski definition) is 0. The number of nitriles is 2. The Morgan fingerprint density at radius 2 is 0.952 bits per heavy atom. The zero-order valence-electron chi connectivity index (χ0n) is 22.3. The van der Waals surface area contributed by atoms with Crippen LogP contribution >= 0.6 is 0 Å². The van der Waals surface area contributed by atoms with E-state index < -0.39 is 0 Å². The Morgan fingerprint density at radius 1 is 0.405 bits per heavy atom. The van der Waals surface area contributed by atoms with Crippen LogP contribution in [0.5, 0.6) is 0 Å². The molecular weight excluding hydrogens is 516 g/mol. The molecule has 0 aliphatic carbocycles. The highest BCUT2D eigenvalue weighted by molar-refractivity contribution is 6.08. The Bertz CT molecular complexity index is 2310. The van der Waals surface area contributed by atoms with Crippen molar-refractivity contribution in [3.63, 3.8) is 0 Å². The van der Waals surface area contributed by atoms with Crippen molar-refractivity contribution in [1.29, 1.82) is 10.5 Å². The third kappa shape index (κ3) is 3.68. The summed E-state index contributed by atoms with van der Waals surface area (Å²) < 4.78 is 12.2. The van der Waals surface area contributed by atoms with Crippen LogP contribution in [-0.2, 0) is 0 Å². The van der Waals surface area contributed by atoms with Crippen molar-refractivity contribution < 1.29 is 8.83 Å². The fourth-order valence-corrected chi connectivity index (χ4v) is 5.94. The van der Waals surface area contributed by atoms with E-state index in [1.54, 1.807) is 6.07 Å². The number of furan rings is 2. The summed E-state index contributed by atoms with van der Waals surface area (Å²) in [7, 11) is 0. The summed E-state index contributed by atoms with van der Waals surface area (Å²) in [5.41, 5.74) is 9.71. The van der Waals surface area contributed by atoms with Crippen molar-refractivity contribution in [2.24, 2.45) is 0 Å². The van der Waals surface area contributed by atoms with Gasteiger partial charge in [0, 0.05) is 32.7 Å². The van der Waals surface area contributed by atoms with Crippen molar-refractivity contribution in [2.45, 2.75) is 0 Å². The summed E-state index contributed by atoms with van der Waals surface area (Å²) in [4.78, 5) is 0. The largest absolute Gasteiger partial charge is 0.456 e. The number of rotatable bonds is 3. The molecule has 4 heteroatoms. The molecule has 0 bridgehead atoms. The van der Waals surface area contributed by atoms with Gasteiger partial charge in [-0.3, -0.25) is 0 Å². The van der Waals surface area contributed by atoms with Gasteiger partial charge in [0.1, 0.15) is 28.4 Å². The highest BCUT2D eigenvalue weighted by atomic mass is 16.3. The fraction of sp³-hybridized carbons (Fsp3) is 0. The van der Waals surface area contributed by atoms with E-state index in [0.717, 1.165) is 77.3 Å². The standard InChI is InChI=1S/C38H20N2O2/c39-21-23-6-5-7-24(16-23)27-19-30(25-12-14-37-32(17-25)28-8-1-3-10-35(28)41-37)34(22-40)31(20-27)26-13-15-38-33(18-26)29-9-2-4-11-36(29)42-38/h1-20H. The average Bonchev–Trinajstić information content (AvgIpc) is 3.61. The molecule has 8 aromatic rings.